The van der Waals surface area contributed by atoms with E-state index in [2.05, 4.69) is 15.6 Å². The number of nitrogens with two attached hydrogens (primary N) is 1. The van der Waals surface area contributed by atoms with Crippen molar-refractivity contribution in [3.63, 3.8) is 0 Å². The first kappa shape index (κ1) is 35.4. The van der Waals surface area contributed by atoms with Gasteiger partial charge in [-0.25, -0.2) is 8.42 Å². The Hall–Kier alpha value is -4.42. The summed E-state index contributed by atoms with van der Waals surface area (Å²) in [5.41, 5.74) is 3.62. The van der Waals surface area contributed by atoms with Gasteiger partial charge in [-0.05, 0) is 56.0 Å². The number of ketones is 1. The summed E-state index contributed by atoms with van der Waals surface area (Å²) >= 11 is 0. The molecule has 0 aliphatic carbocycles. The molecule has 3 atom stereocenters. The van der Waals surface area contributed by atoms with Crippen molar-refractivity contribution in [1.29, 1.82) is 0 Å². The molecule has 3 amide bonds. The molecule has 47 heavy (non-hydrogen) atoms. The van der Waals surface area contributed by atoms with Crippen LogP contribution < -0.4 is 16.4 Å². The molecule has 1 saturated heterocycles. The first-order chi connectivity index (χ1) is 22.1. The second kappa shape index (κ2) is 13.7. The Morgan fingerprint density at radius 2 is 1.60 bits per heavy atom. The number of primary amides is 1. The van der Waals surface area contributed by atoms with Crippen molar-refractivity contribution in [3.05, 3.63) is 96.2 Å². The second-order valence-corrected chi connectivity index (χ2v) is 14.9. The van der Waals surface area contributed by atoms with E-state index < -0.39 is 49.7 Å². The van der Waals surface area contributed by atoms with Crippen molar-refractivity contribution >= 4 is 33.3 Å². The molecule has 1 aromatic heterocycles. The Balaban J connectivity index is 1.87. The number of epoxide rings is 1. The number of Topliss-reactive ketones (excluding diaryl/α,β-unsaturated/α-hetero) is 1. The molecule has 3 aromatic rings. The van der Waals surface area contributed by atoms with E-state index in [9.17, 15) is 27.6 Å². The molecule has 0 saturated carbocycles. The molecule has 12 heteroatoms. The number of ether oxygens (including phenoxy) is 1. The van der Waals surface area contributed by atoms with Crippen LogP contribution in [0, 0.1) is 5.92 Å². The third kappa shape index (κ3) is 6.98. The van der Waals surface area contributed by atoms with E-state index in [4.69, 9.17) is 10.5 Å². The fraction of sp³-hybridized carbons (Fsp3) is 0.371. The SMILES string of the molecule is CCCCCC(=O)[C](c1ccccc1-c1ccccc1)[C@]1(NC(=O)[C@@H](NC(=O)c2ccccn2)C(C)(C)S(C)(=O)=O)O[C@]1(C)C(N)=O. The van der Waals surface area contributed by atoms with Crippen molar-refractivity contribution in [3.8, 4) is 11.1 Å². The van der Waals surface area contributed by atoms with Gasteiger partial charge in [0.05, 0.1) is 4.75 Å². The first-order valence-electron chi connectivity index (χ1n) is 15.4. The number of aromatic nitrogens is 1. The Labute approximate surface area is 275 Å². The number of nitrogens with one attached hydrogen (secondary N) is 2. The summed E-state index contributed by atoms with van der Waals surface area (Å²) in [4.78, 5) is 58.9. The number of nitrogens with zero attached hydrogens (tertiary/aromatic N) is 1. The number of hydrogen-bond acceptors (Lipinski definition) is 8. The highest BCUT2D eigenvalue weighted by atomic mass is 32.2. The summed E-state index contributed by atoms with van der Waals surface area (Å²) in [5.74, 6) is -3.16. The summed E-state index contributed by atoms with van der Waals surface area (Å²) in [7, 11) is -4.00. The minimum absolute atomic E-state index is 0.00493. The van der Waals surface area contributed by atoms with Gasteiger partial charge in [0.2, 0.25) is 5.91 Å². The maximum atomic E-state index is 14.4. The van der Waals surface area contributed by atoms with Gasteiger partial charge >= 0.3 is 0 Å². The molecule has 1 fully saturated rings. The molecule has 249 valence electrons. The summed E-state index contributed by atoms with van der Waals surface area (Å²) in [6, 6.07) is 19.2. The Kier molecular flexibility index (Phi) is 10.4. The van der Waals surface area contributed by atoms with Crippen molar-refractivity contribution in [2.75, 3.05) is 6.26 Å². The number of benzene rings is 2. The van der Waals surface area contributed by atoms with Gasteiger partial charge in [0, 0.05) is 18.9 Å². The Morgan fingerprint density at radius 3 is 2.17 bits per heavy atom. The van der Waals surface area contributed by atoms with Crippen molar-refractivity contribution in [1.82, 2.24) is 15.6 Å². The number of unbranched alkanes of at least 4 members (excludes halogenated alkanes) is 2. The van der Waals surface area contributed by atoms with Crippen LogP contribution in [0.5, 0.6) is 0 Å². The molecule has 4 N–H and O–H groups in total. The molecule has 2 heterocycles. The minimum atomic E-state index is -4.00. The van der Waals surface area contributed by atoms with E-state index in [-0.39, 0.29) is 23.8 Å². The van der Waals surface area contributed by atoms with E-state index in [1.807, 2.05) is 43.3 Å². The third-order valence-electron chi connectivity index (χ3n) is 8.76. The number of carbonyl (C=O) groups excluding carboxylic acids is 4. The van der Waals surface area contributed by atoms with Crippen LogP contribution in [0.3, 0.4) is 0 Å². The van der Waals surface area contributed by atoms with Crippen LogP contribution in [0.4, 0.5) is 0 Å². The molecule has 11 nitrogen and oxygen atoms in total. The van der Waals surface area contributed by atoms with E-state index in [0.29, 0.717) is 17.5 Å². The van der Waals surface area contributed by atoms with E-state index in [0.717, 1.165) is 24.7 Å². The molecule has 0 spiro atoms. The monoisotopic (exact) mass is 661 g/mol. The normalized spacial score (nSPS) is 19.9. The summed E-state index contributed by atoms with van der Waals surface area (Å²) in [5, 5.41) is 5.22. The lowest BCUT2D eigenvalue weighted by Crippen LogP contribution is -2.64. The van der Waals surface area contributed by atoms with Crippen LogP contribution in [0.15, 0.2) is 79.0 Å². The van der Waals surface area contributed by atoms with Crippen LogP contribution in [0.2, 0.25) is 0 Å². The zero-order chi connectivity index (χ0) is 34.6. The molecule has 0 unspecified atom stereocenters. The average Bonchev–Trinajstić information content (AvgIpc) is 3.64. The minimum Gasteiger partial charge on any atom is -0.367 e. The van der Waals surface area contributed by atoms with Gasteiger partial charge in [-0.15, -0.1) is 0 Å². The van der Waals surface area contributed by atoms with Gasteiger partial charge in [-0.2, -0.15) is 0 Å². The van der Waals surface area contributed by atoms with E-state index in [1.165, 1.54) is 33.0 Å². The number of carbonyl (C=O) groups is 4. The van der Waals surface area contributed by atoms with Gasteiger partial charge in [-0.3, -0.25) is 24.2 Å². The predicted octanol–water partition coefficient (Wildman–Crippen LogP) is 3.53. The highest BCUT2D eigenvalue weighted by Gasteiger charge is 2.78. The predicted molar refractivity (Wildman–Crippen MR) is 177 cm³/mol. The quantitative estimate of drug-likeness (QED) is 0.164. The van der Waals surface area contributed by atoms with Gasteiger partial charge in [0.15, 0.2) is 21.2 Å². The lowest BCUT2D eigenvalue weighted by molar-refractivity contribution is -0.126. The number of hydrogen-bond donors (Lipinski definition) is 3. The van der Waals surface area contributed by atoms with Crippen molar-refractivity contribution in [2.45, 2.75) is 75.5 Å². The molecule has 4 rings (SSSR count). The maximum Gasteiger partial charge on any atom is 0.270 e. The van der Waals surface area contributed by atoms with Gasteiger partial charge in [-0.1, -0.05) is 80.4 Å². The molecule has 1 radical (unpaired) electrons. The van der Waals surface area contributed by atoms with Gasteiger partial charge < -0.3 is 21.1 Å². The second-order valence-electron chi connectivity index (χ2n) is 12.3. The summed E-state index contributed by atoms with van der Waals surface area (Å²) in [6.07, 6.45) is 4.55. The average molecular weight is 662 g/mol. The fourth-order valence-electron chi connectivity index (χ4n) is 5.49. The van der Waals surface area contributed by atoms with Crippen LogP contribution in [0.25, 0.3) is 11.1 Å². The van der Waals surface area contributed by atoms with Gasteiger partial charge in [0.25, 0.3) is 11.8 Å². The topological polar surface area (TPSA) is 178 Å². The first-order valence-corrected chi connectivity index (χ1v) is 17.3. The zero-order valence-corrected chi connectivity index (χ0v) is 28.0. The summed E-state index contributed by atoms with van der Waals surface area (Å²) in [6.45, 7) is 5.95. The van der Waals surface area contributed by atoms with Crippen molar-refractivity contribution in [2.24, 2.45) is 5.73 Å². The Bertz CT molecular complexity index is 1750. The number of pyridine rings is 1. The molecule has 2 aromatic carbocycles. The van der Waals surface area contributed by atoms with Crippen LogP contribution >= 0.6 is 0 Å². The van der Waals surface area contributed by atoms with E-state index >= 15 is 0 Å². The van der Waals surface area contributed by atoms with Crippen LogP contribution in [-0.4, -0.2) is 65.3 Å². The molecular weight excluding hydrogens is 620 g/mol. The Morgan fingerprint density at radius 1 is 0.957 bits per heavy atom. The number of rotatable bonds is 15. The maximum absolute atomic E-state index is 14.4. The molecule has 1 aliphatic rings. The van der Waals surface area contributed by atoms with E-state index in [1.54, 1.807) is 30.3 Å². The lowest BCUT2D eigenvalue weighted by atomic mass is 9.77. The fourth-order valence-corrected chi connectivity index (χ4v) is 6.08. The largest absolute Gasteiger partial charge is 0.367 e. The third-order valence-corrected chi connectivity index (χ3v) is 10.9. The van der Waals surface area contributed by atoms with Gasteiger partial charge in [0.1, 0.15) is 23.4 Å². The highest BCUT2D eigenvalue weighted by Crippen LogP contribution is 2.55. The molecular formula is C35H41N4O7S. The van der Waals surface area contributed by atoms with Crippen LogP contribution in [0.1, 0.15) is 69.4 Å². The molecule has 1 aliphatic heterocycles. The summed E-state index contributed by atoms with van der Waals surface area (Å²) < 4.78 is 30.3. The number of amides is 3. The lowest BCUT2D eigenvalue weighted by Gasteiger charge is -2.35. The zero-order valence-electron chi connectivity index (χ0n) is 27.2. The highest BCUT2D eigenvalue weighted by molar-refractivity contribution is 7.92. The number of sulfone groups is 1. The van der Waals surface area contributed by atoms with Crippen LogP contribution in [-0.2, 0) is 29.0 Å². The standard InChI is InChI=1S/C35H41N4O7S/c1-6-7-9-21-27(40)28(25-19-13-12-18-24(25)23-16-10-8-11-17-23)35(34(4,46-35)32(36)43)39-31(42)29(33(2,3)47(5,44)45)38-30(41)26-20-14-15-22-37-26/h8,10-20,22,29H,6-7,9,21H2,1-5H3,(H2,36,43)(H,38,41)(H,39,42)/t29-,34-,35+/m1/s1. The van der Waals surface area contributed by atoms with Crippen molar-refractivity contribution < 1.29 is 32.3 Å². The smallest absolute Gasteiger partial charge is 0.270 e. The molecule has 0 bridgehead atoms.